The van der Waals surface area contributed by atoms with E-state index in [0.717, 1.165) is 29.7 Å². The minimum atomic E-state index is 0.878. The van der Waals surface area contributed by atoms with Crippen LogP contribution < -0.4 is 5.32 Å². The lowest BCUT2D eigenvalue weighted by Gasteiger charge is -2.33. The monoisotopic (exact) mass is 280 g/mol. The molecule has 5 atom stereocenters. The molecule has 2 nitrogen and oxygen atoms in total. The first-order valence-corrected chi connectivity index (χ1v) is 9.61. The van der Waals surface area contributed by atoms with Gasteiger partial charge in [-0.05, 0) is 49.4 Å². The highest BCUT2D eigenvalue weighted by Gasteiger charge is 2.53. The van der Waals surface area contributed by atoms with E-state index in [0.29, 0.717) is 0 Å². The fraction of sp³-hybridized carbons (Fsp3) is 1.00. The van der Waals surface area contributed by atoms with Crippen LogP contribution in [0, 0.1) is 23.7 Å². The van der Waals surface area contributed by atoms with Gasteiger partial charge in [0.15, 0.2) is 0 Å². The third-order valence-electron chi connectivity index (χ3n) is 6.37. The summed E-state index contributed by atoms with van der Waals surface area (Å²) < 4.78 is 0. The Balaban J connectivity index is 1.24. The maximum Gasteiger partial charge on any atom is 0.0108 e. The van der Waals surface area contributed by atoms with Crippen molar-refractivity contribution in [2.45, 2.75) is 38.1 Å². The van der Waals surface area contributed by atoms with E-state index in [4.69, 9.17) is 0 Å². The zero-order valence-corrected chi connectivity index (χ0v) is 12.8. The molecule has 0 aromatic carbocycles. The number of thioether (sulfide) groups is 1. The average Bonchev–Trinajstić information content (AvgIpc) is 3.12. The van der Waals surface area contributed by atoms with Gasteiger partial charge in [0.05, 0.1) is 0 Å². The molecule has 19 heavy (non-hydrogen) atoms. The second kappa shape index (κ2) is 5.57. The van der Waals surface area contributed by atoms with Crippen molar-refractivity contribution in [2.75, 3.05) is 37.7 Å². The first-order chi connectivity index (χ1) is 9.42. The predicted molar refractivity (Wildman–Crippen MR) is 82.6 cm³/mol. The molecular weight excluding hydrogens is 252 g/mol. The third-order valence-corrected chi connectivity index (χ3v) is 7.31. The van der Waals surface area contributed by atoms with E-state index in [1.807, 2.05) is 0 Å². The summed E-state index contributed by atoms with van der Waals surface area (Å²) in [5, 5.41) is 3.92. The molecule has 0 aromatic rings. The van der Waals surface area contributed by atoms with Crippen LogP contribution in [0.15, 0.2) is 0 Å². The Morgan fingerprint density at radius 1 is 1.00 bits per heavy atom. The third kappa shape index (κ3) is 2.47. The molecule has 0 spiro atoms. The summed E-state index contributed by atoms with van der Waals surface area (Å²) in [5.41, 5.74) is 0. The number of rotatable bonds is 4. The molecule has 4 fully saturated rings. The van der Waals surface area contributed by atoms with Crippen LogP contribution in [-0.2, 0) is 0 Å². The SMILES string of the molecule is C1CC2C3CC(NCCN4CCSCC4)C(C3)C2C1. The quantitative estimate of drug-likeness (QED) is 0.851. The molecule has 4 rings (SSSR count). The Labute approximate surface area is 122 Å². The van der Waals surface area contributed by atoms with Crippen molar-refractivity contribution >= 4 is 11.8 Å². The lowest BCUT2D eigenvalue weighted by molar-refractivity contribution is 0.201. The first-order valence-electron chi connectivity index (χ1n) is 8.45. The van der Waals surface area contributed by atoms with E-state index in [2.05, 4.69) is 22.0 Å². The summed E-state index contributed by atoms with van der Waals surface area (Å²) in [6, 6.07) is 0.878. The van der Waals surface area contributed by atoms with Crippen molar-refractivity contribution in [3.8, 4) is 0 Å². The zero-order chi connectivity index (χ0) is 12.7. The highest BCUT2D eigenvalue weighted by Crippen LogP contribution is 2.58. The number of hydrogen-bond acceptors (Lipinski definition) is 3. The smallest absolute Gasteiger partial charge is 0.0108 e. The molecule has 3 saturated carbocycles. The molecule has 1 heterocycles. The van der Waals surface area contributed by atoms with Crippen LogP contribution in [0.1, 0.15) is 32.1 Å². The molecule has 0 aromatic heterocycles. The largest absolute Gasteiger partial charge is 0.312 e. The lowest BCUT2D eigenvalue weighted by Crippen LogP contribution is -2.44. The average molecular weight is 280 g/mol. The molecule has 2 bridgehead atoms. The summed E-state index contributed by atoms with van der Waals surface area (Å²) in [5.74, 6) is 7.09. The Bertz CT molecular complexity index is 316. The van der Waals surface area contributed by atoms with Crippen LogP contribution in [0.2, 0.25) is 0 Å². The van der Waals surface area contributed by atoms with Gasteiger partial charge in [0.1, 0.15) is 0 Å². The van der Waals surface area contributed by atoms with Crippen molar-refractivity contribution < 1.29 is 0 Å². The van der Waals surface area contributed by atoms with Gasteiger partial charge in [0.25, 0.3) is 0 Å². The first kappa shape index (κ1) is 13.0. The number of fused-ring (bicyclic) bond motifs is 5. The minimum Gasteiger partial charge on any atom is -0.312 e. The Morgan fingerprint density at radius 2 is 1.84 bits per heavy atom. The van der Waals surface area contributed by atoms with E-state index in [1.54, 1.807) is 19.3 Å². The van der Waals surface area contributed by atoms with Crippen LogP contribution in [0.5, 0.6) is 0 Å². The Morgan fingerprint density at radius 3 is 2.74 bits per heavy atom. The molecule has 1 saturated heterocycles. The highest BCUT2D eigenvalue weighted by molar-refractivity contribution is 7.99. The summed E-state index contributed by atoms with van der Waals surface area (Å²) in [4.78, 5) is 2.65. The normalized spacial score (nSPS) is 45.8. The van der Waals surface area contributed by atoms with Crippen LogP contribution in [0.3, 0.4) is 0 Å². The maximum absolute atomic E-state index is 3.92. The van der Waals surface area contributed by atoms with E-state index in [1.165, 1.54) is 50.5 Å². The Hall–Kier alpha value is 0.270. The number of nitrogens with one attached hydrogen (secondary N) is 1. The standard InChI is InChI=1S/C16H28N2S/c1-2-13-12-10-15(14(13)3-1)16(11-12)17-4-5-18-6-8-19-9-7-18/h12-17H,1-11H2. The highest BCUT2D eigenvalue weighted by atomic mass is 32.2. The van der Waals surface area contributed by atoms with Crippen LogP contribution in [0.25, 0.3) is 0 Å². The van der Waals surface area contributed by atoms with Gasteiger partial charge in [-0.3, -0.25) is 0 Å². The maximum atomic E-state index is 3.92. The van der Waals surface area contributed by atoms with Gasteiger partial charge in [-0.15, -0.1) is 0 Å². The molecule has 3 aliphatic carbocycles. The van der Waals surface area contributed by atoms with Gasteiger partial charge in [-0.1, -0.05) is 6.42 Å². The summed E-state index contributed by atoms with van der Waals surface area (Å²) in [6.45, 7) is 5.14. The molecule has 0 radical (unpaired) electrons. The number of hydrogen-bond donors (Lipinski definition) is 1. The van der Waals surface area contributed by atoms with Gasteiger partial charge in [0, 0.05) is 43.7 Å². The molecule has 1 N–H and O–H groups in total. The van der Waals surface area contributed by atoms with Crippen molar-refractivity contribution in [3.63, 3.8) is 0 Å². The second-order valence-electron chi connectivity index (χ2n) is 7.17. The van der Waals surface area contributed by atoms with Gasteiger partial charge >= 0.3 is 0 Å². The molecule has 1 aliphatic heterocycles. The molecule has 0 amide bonds. The van der Waals surface area contributed by atoms with E-state index in [9.17, 15) is 0 Å². The van der Waals surface area contributed by atoms with Crippen LogP contribution in [0.4, 0.5) is 0 Å². The van der Waals surface area contributed by atoms with Crippen molar-refractivity contribution in [3.05, 3.63) is 0 Å². The van der Waals surface area contributed by atoms with E-state index >= 15 is 0 Å². The number of nitrogens with zero attached hydrogens (tertiary/aromatic N) is 1. The summed E-state index contributed by atoms with van der Waals surface area (Å²) in [7, 11) is 0. The molecule has 108 valence electrons. The van der Waals surface area contributed by atoms with Crippen LogP contribution in [-0.4, -0.2) is 48.6 Å². The van der Waals surface area contributed by atoms with E-state index < -0.39 is 0 Å². The zero-order valence-electron chi connectivity index (χ0n) is 12.0. The summed E-state index contributed by atoms with van der Waals surface area (Å²) >= 11 is 2.12. The fourth-order valence-electron chi connectivity index (χ4n) is 5.54. The van der Waals surface area contributed by atoms with Crippen molar-refractivity contribution in [2.24, 2.45) is 23.7 Å². The van der Waals surface area contributed by atoms with Crippen LogP contribution >= 0.6 is 11.8 Å². The van der Waals surface area contributed by atoms with Gasteiger partial charge < -0.3 is 10.2 Å². The van der Waals surface area contributed by atoms with Crippen molar-refractivity contribution in [1.82, 2.24) is 10.2 Å². The molecule has 5 unspecified atom stereocenters. The van der Waals surface area contributed by atoms with Gasteiger partial charge in [0.2, 0.25) is 0 Å². The van der Waals surface area contributed by atoms with Crippen molar-refractivity contribution in [1.29, 1.82) is 0 Å². The second-order valence-corrected chi connectivity index (χ2v) is 8.39. The lowest BCUT2D eigenvalue weighted by atomic mass is 9.79. The van der Waals surface area contributed by atoms with Gasteiger partial charge in [-0.2, -0.15) is 11.8 Å². The predicted octanol–water partition coefficient (Wildman–Crippen LogP) is 2.45. The molecule has 3 heteroatoms. The van der Waals surface area contributed by atoms with E-state index in [-0.39, 0.29) is 0 Å². The topological polar surface area (TPSA) is 15.3 Å². The summed E-state index contributed by atoms with van der Waals surface area (Å²) in [6.07, 6.45) is 7.70. The Kier molecular flexibility index (Phi) is 3.80. The molecular formula is C16H28N2S. The molecule has 4 aliphatic rings. The minimum absolute atomic E-state index is 0.878. The fourth-order valence-corrected chi connectivity index (χ4v) is 6.51. The van der Waals surface area contributed by atoms with Gasteiger partial charge in [-0.25, -0.2) is 0 Å².